The summed E-state index contributed by atoms with van der Waals surface area (Å²) in [6, 6.07) is 11.1. The van der Waals surface area contributed by atoms with Gasteiger partial charge in [-0.05, 0) is 36.2 Å². The number of nitrogens with one attached hydrogen (secondary N) is 1. The quantitative estimate of drug-likeness (QED) is 0.353. The molecule has 2 atom stereocenters. The zero-order chi connectivity index (χ0) is 18.2. The van der Waals surface area contributed by atoms with Crippen LogP contribution in [0.1, 0.15) is 39.0 Å². The topological polar surface area (TPSA) is 66.4 Å². The molecule has 2 rings (SSSR count). The highest BCUT2D eigenvalue weighted by molar-refractivity contribution is 7.86. The van der Waals surface area contributed by atoms with Crippen molar-refractivity contribution in [3.63, 3.8) is 0 Å². The van der Waals surface area contributed by atoms with Crippen molar-refractivity contribution in [2.24, 2.45) is 0 Å². The minimum absolute atomic E-state index is 0.487. The first kappa shape index (κ1) is 20.1. The molecule has 2 aromatic rings. The van der Waals surface area contributed by atoms with E-state index in [0.29, 0.717) is 11.3 Å². The predicted octanol–water partition coefficient (Wildman–Crippen LogP) is 5.02. The van der Waals surface area contributed by atoms with E-state index in [0.717, 1.165) is 40.5 Å². The van der Waals surface area contributed by atoms with E-state index in [1.807, 2.05) is 24.3 Å². The van der Waals surface area contributed by atoms with Crippen molar-refractivity contribution in [3.05, 3.63) is 40.7 Å². The number of halogens is 1. The molecule has 4 nitrogen and oxygen atoms in total. The Balaban J connectivity index is 2.10. The summed E-state index contributed by atoms with van der Waals surface area (Å²) in [5, 5.41) is 8.21. The lowest BCUT2D eigenvalue weighted by atomic mass is 10.1. The number of hydrogen-bond acceptors (Lipinski definition) is 4. The van der Waals surface area contributed by atoms with Crippen LogP contribution in [0.2, 0.25) is 4.34 Å². The number of carbonyl (C=O) groups is 1. The Hall–Kier alpha value is -1.21. The molecule has 0 saturated heterocycles. The smallest absolute Gasteiger partial charge is 0.259 e. The number of hydrogen-bond donors (Lipinski definition) is 2. The second-order valence-corrected chi connectivity index (χ2v) is 9.09. The van der Waals surface area contributed by atoms with Crippen LogP contribution in [0.25, 0.3) is 10.4 Å². The van der Waals surface area contributed by atoms with Gasteiger partial charge in [-0.1, -0.05) is 56.3 Å². The van der Waals surface area contributed by atoms with Crippen molar-refractivity contribution in [2.75, 3.05) is 0 Å². The van der Waals surface area contributed by atoms with Crippen molar-refractivity contribution in [1.82, 2.24) is 5.48 Å². The molecule has 2 unspecified atom stereocenters. The molecular weight excluding hydrogens is 378 g/mol. The SMILES string of the molecule is CCCCCCC(C(=O)NO)S(=O)c1ccc(-c2ccc(Cl)s2)cc1. The van der Waals surface area contributed by atoms with Gasteiger partial charge in [-0.25, -0.2) is 5.48 Å². The summed E-state index contributed by atoms with van der Waals surface area (Å²) < 4.78 is 13.5. The number of thiophene rings is 1. The van der Waals surface area contributed by atoms with Crippen LogP contribution in [-0.2, 0) is 15.6 Å². The summed E-state index contributed by atoms with van der Waals surface area (Å²) in [7, 11) is -1.51. The second-order valence-electron chi connectivity index (χ2n) is 5.74. The number of amides is 1. The van der Waals surface area contributed by atoms with Crippen molar-refractivity contribution in [1.29, 1.82) is 0 Å². The molecule has 0 bridgehead atoms. The first-order chi connectivity index (χ1) is 12.1. The average molecular weight is 400 g/mol. The van der Waals surface area contributed by atoms with Crippen LogP contribution < -0.4 is 5.48 Å². The fraction of sp³-hybridized carbons (Fsp3) is 0.389. The predicted molar refractivity (Wildman–Crippen MR) is 104 cm³/mol. The molecule has 0 aliphatic carbocycles. The van der Waals surface area contributed by atoms with Gasteiger partial charge in [-0.2, -0.15) is 0 Å². The molecule has 0 saturated carbocycles. The first-order valence-electron chi connectivity index (χ1n) is 8.27. The molecule has 0 aliphatic heterocycles. The van der Waals surface area contributed by atoms with E-state index in [1.165, 1.54) is 11.3 Å². The van der Waals surface area contributed by atoms with Gasteiger partial charge in [0.25, 0.3) is 5.91 Å². The number of carbonyl (C=O) groups excluding carboxylic acids is 1. The Morgan fingerprint density at radius 1 is 1.20 bits per heavy atom. The number of benzene rings is 1. The van der Waals surface area contributed by atoms with Gasteiger partial charge in [0.15, 0.2) is 0 Å². The van der Waals surface area contributed by atoms with Crippen LogP contribution in [-0.4, -0.2) is 20.6 Å². The third kappa shape index (κ3) is 5.64. The molecular formula is C18H22ClNO3S2. The lowest BCUT2D eigenvalue weighted by Crippen LogP contribution is -2.35. The Labute approximate surface area is 159 Å². The van der Waals surface area contributed by atoms with E-state index in [4.69, 9.17) is 16.8 Å². The van der Waals surface area contributed by atoms with Crippen LogP contribution >= 0.6 is 22.9 Å². The fourth-order valence-corrected chi connectivity index (χ4v) is 4.96. The molecule has 0 spiro atoms. The van der Waals surface area contributed by atoms with E-state index in [2.05, 4.69) is 6.92 Å². The maximum absolute atomic E-state index is 12.8. The largest absolute Gasteiger partial charge is 0.289 e. The third-order valence-corrected chi connectivity index (χ3v) is 6.91. The summed E-state index contributed by atoms with van der Waals surface area (Å²) in [6.45, 7) is 2.11. The molecule has 2 N–H and O–H groups in total. The zero-order valence-corrected chi connectivity index (χ0v) is 16.4. The van der Waals surface area contributed by atoms with E-state index < -0.39 is 22.0 Å². The standard InChI is InChI=1S/C18H22ClNO3S2/c1-2-3-4-5-6-16(18(21)20-22)25(23)14-9-7-13(8-10-14)15-11-12-17(19)24-15/h7-12,16,22H,2-6H2,1H3,(H,20,21). The van der Waals surface area contributed by atoms with Gasteiger partial charge < -0.3 is 0 Å². The molecule has 7 heteroatoms. The molecule has 0 aliphatic rings. The minimum atomic E-state index is -1.51. The second kappa shape index (κ2) is 10.1. The lowest BCUT2D eigenvalue weighted by Gasteiger charge is -2.15. The molecule has 1 heterocycles. The van der Waals surface area contributed by atoms with Gasteiger partial charge in [0.05, 0.1) is 15.1 Å². The molecule has 136 valence electrons. The van der Waals surface area contributed by atoms with Crippen LogP contribution in [0.5, 0.6) is 0 Å². The minimum Gasteiger partial charge on any atom is -0.289 e. The number of unbranched alkanes of at least 4 members (excludes halogenated alkanes) is 3. The van der Waals surface area contributed by atoms with E-state index >= 15 is 0 Å². The number of hydroxylamine groups is 1. The molecule has 25 heavy (non-hydrogen) atoms. The zero-order valence-electron chi connectivity index (χ0n) is 14.0. The van der Waals surface area contributed by atoms with E-state index in [9.17, 15) is 9.00 Å². The van der Waals surface area contributed by atoms with Gasteiger partial charge in [-0.3, -0.25) is 14.2 Å². The van der Waals surface area contributed by atoms with E-state index in [-0.39, 0.29) is 0 Å². The summed E-state index contributed by atoms with van der Waals surface area (Å²) in [4.78, 5) is 13.5. The molecule has 0 fully saturated rings. The Bertz CT molecular complexity index is 715. The van der Waals surface area contributed by atoms with Gasteiger partial charge >= 0.3 is 0 Å². The first-order valence-corrected chi connectivity index (χ1v) is 10.7. The van der Waals surface area contributed by atoms with Crippen LogP contribution in [0.4, 0.5) is 0 Å². The molecule has 1 amide bonds. The van der Waals surface area contributed by atoms with Crippen molar-refractivity contribution in [3.8, 4) is 10.4 Å². The highest BCUT2D eigenvalue weighted by Gasteiger charge is 2.25. The average Bonchev–Trinajstić information content (AvgIpc) is 3.07. The molecule has 1 aromatic carbocycles. The third-order valence-electron chi connectivity index (χ3n) is 3.93. The van der Waals surface area contributed by atoms with Gasteiger partial charge in [-0.15, -0.1) is 11.3 Å². The summed E-state index contributed by atoms with van der Waals surface area (Å²) in [5.74, 6) is -0.594. The highest BCUT2D eigenvalue weighted by Crippen LogP contribution is 2.31. The number of rotatable bonds is 9. The van der Waals surface area contributed by atoms with Crippen molar-refractivity contribution < 1.29 is 14.2 Å². The van der Waals surface area contributed by atoms with E-state index in [1.54, 1.807) is 17.6 Å². The summed E-state index contributed by atoms with van der Waals surface area (Å²) in [6.07, 6.45) is 4.46. The lowest BCUT2D eigenvalue weighted by molar-refractivity contribution is -0.128. The molecule has 1 aromatic heterocycles. The monoisotopic (exact) mass is 399 g/mol. The summed E-state index contributed by atoms with van der Waals surface area (Å²) >= 11 is 7.44. The van der Waals surface area contributed by atoms with Gasteiger partial charge in [0.1, 0.15) is 5.25 Å². The van der Waals surface area contributed by atoms with Crippen molar-refractivity contribution >= 4 is 39.6 Å². The highest BCUT2D eigenvalue weighted by atomic mass is 35.5. The normalized spacial score (nSPS) is 13.4. The van der Waals surface area contributed by atoms with Crippen LogP contribution in [0, 0.1) is 0 Å². The summed E-state index contributed by atoms with van der Waals surface area (Å²) in [5.41, 5.74) is 2.64. The maximum atomic E-state index is 12.8. The van der Waals surface area contributed by atoms with Crippen molar-refractivity contribution in [2.45, 2.75) is 49.2 Å². The van der Waals surface area contributed by atoms with Gasteiger partial charge in [0, 0.05) is 9.77 Å². The molecule has 0 radical (unpaired) electrons. The Morgan fingerprint density at radius 2 is 1.92 bits per heavy atom. The van der Waals surface area contributed by atoms with Crippen LogP contribution in [0.15, 0.2) is 41.3 Å². The Kier molecular flexibility index (Phi) is 8.09. The fourth-order valence-electron chi connectivity index (χ4n) is 2.55. The van der Waals surface area contributed by atoms with Crippen LogP contribution in [0.3, 0.4) is 0 Å². The maximum Gasteiger partial charge on any atom is 0.259 e. The Morgan fingerprint density at radius 3 is 2.48 bits per heavy atom. The van der Waals surface area contributed by atoms with Gasteiger partial charge in [0.2, 0.25) is 0 Å².